The van der Waals surface area contributed by atoms with Gasteiger partial charge in [-0.05, 0) is 17.5 Å². The summed E-state index contributed by atoms with van der Waals surface area (Å²) in [5.41, 5.74) is 9.76. The summed E-state index contributed by atoms with van der Waals surface area (Å²) in [4.78, 5) is 2.28. The lowest BCUT2D eigenvalue weighted by molar-refractivity contribution is 0.289. The van der Waals surface area contributed by atoms with Gasteiger partial charge in [0, 0.05) is 32.0 Å². The van der Waals surface area contributed by atoms with Gasteiger partial charge in [0.15, 0.2) is 0 Å². The molecule has 3 N–H and O–H groups in total. The Bertz CT molecular complexity index is 467. The molecule has 3 nitrogen and oxygen atoms in total. The normalized spacial score (nSPS) is 24.1. The maximum absolute atomic E-state index is 9.92. The SMILES string of the molecule is NC1CC(O)=C(N2CCc3ccccc3C2)C1. The van der Waals surface area contributed by atoms with Gasteiger partial charge in [0.2, 0.25) is 0 Å². The van der Waals surface area contributed by atoms with Crippen molar-refractivity contribution in [2.75, 3.05) is 6.54 Å². The molecule has 0 radical (unpaired) electrons. The summed E-state index contributed by atoms with van der Waals surface area (Å²) in [6.07, 6.45) is 2.50. The third kappa shape index (κ3) is 1.91. The Hall–Kier alpha value is -1.48. The predicted molar refractivity (Wildman–Crippen MR) is 67.4 cm³/mol. The zero-order valence-corrected chi connectivity index (χ0v) is 9.89. The summed E-state index contributed by atoms with van der Waals surface area (Å²) in [5.74, 6) is 0.497. The largest absolute Gasteiger partial charge is 0.510 e. The summed E-state index contributed by atoms with van der Waals surface area (Å²) in [7, 11) is 0. The van der Waals surface area contributed by atoms with E-state index in [9.17, 15) is 5.11 Å². The minimum absolute atomic E-state index is 0.0992. The number of aliphatic hydroxyl groups is 1. The van der Waals surface area contributed by atoms with Gasteiger partial charge in [-0.2, -0.15) is 0 Å². The number of aliphatic hydroxyl groups excluding tert-OH is 1. The second kappa shape index (κ2) is 4.08. The lowest BCUT2D eigenvalue weighted by Crippen LogP contribution is -2.30. The van der Waals surface area contributed by atoms with E-state index in [1.165, 1.54) is 11.1 Å². The molecule has 0 saturated heterocycles. The van der Waals surface area contributed by atoms with Crippen molar-refractivity contribution in [3.05, 3.63) is 46.8 Å². The quantitative estimate of drug-likeness (QED) is 0.775. The average molecular weight is 230 g/mol. The van der Waals surface area contributed by atoms with Crippen molar-refractivity contribution in [2.45, 2.75) is 31.8 Å². The van der Waals surface area contributed by atoms with Crippen molar-refractivity contribution >= 4 is 0 Å². The minimum Gasteiger partial charge on any atom is -0.510 e. The van der Waals surface area contributed by atoms with Crippen molar-refractivity contribution in [3.8, 4) is 0 Å². The minimum atomic E-state index is 0.0992. The highest BCUT2D eigenvalue weighted by atomic mass is 16.3. The van der Waals surface area contributed by atoms with E-state index in [1.807, 2.05) is 0 Å². The van der Waals surface area contributed by atoms with Crippen molar-refractivity contribution in [1.29, 1.82) is 0 Å². The van der Waals surface area contributed by atoms with Crippen molar-refractivity contribution in [3.63, 3.8) is 0 Å². The fraction of sp³-hybridized carbons (Fsp3) is 0.429. The number of hydrogen-bond donors (Lipinski definition) is 2. The van der Waals surface area contributed by atoms with Crippen LogP contribution in [0.15, 0.2) is 35.7 Å². The molecule has 1 aliphatic carbocycles. The van der Waals surface area contributed by atoms with Crippen LogP contribution in [-0.2, 0) is 13.0 Å². The molecule has 0 fully saturated rings. The smallest absolute Gasteiger partial charge is 0.113 e. The van der Waals surface area contributed by atoms with Gasteiger partial charge in [-0.15, -0.1) is 0 Å². The van der Waals surface area contributed by atoms with Crippen LogP contribution in [0.3, 0.4) is 0 Å². The molecule has 17 heavy (non-hydrogen) atoms. The van der Waals surface area contributed by atoms with Crippen LogP contribution in [0.5, 0.6) is 0 Å². The van der Waals surface area contributed by atoms with E-state index in [1.54, 1.807) is 0 Å². The van der Waals surface area contributed by atoms with Gasteiger partial charge in [0.25, 0.3) is 0 Å². The van der Waals surface area contributed by atoms with Crippen molar-refractivity contribution < 1.29 is 5.11 Å². The molecule has 1 aromatic rings. The van der Waals surface area contributed by atoms with Crippen LogP contribution < -0.4 is 5.73 Å². The Balaban J connectivity index is 1.83. The van der Waals surface area contributed by atoms with E-state index in [4.69, 9.17) is 5.73 Å². The van der Waals surface area contributed by atoms with Gasteiger partial charge in [-0.25, -0.2) is 0 Å². The van der Waals surface area contributed by atoms with Crippen LogP contribution in [0.25, 0.3) is 0 Å². The first-order valence-corrected chi connectivity index (χ1v) is 6.22. The van der Waals surface area contributed by atoms with Crippen LogP contribution in [0.1, 0.15) is 24.0 Å². The Morgan fingerprint density at radius 1 is 1.18 bits per heavy atom. The molecule has 0 aromatic heterocycles. The molecule has 1 aromatic carbocycles. The highest BCUT2D eigenvalue weighted by Crippen LogP contribution is 2.30. The predicted octanol–water partition coefficient (Wildman–Crippen LogP) is 1.94. The molecule has 1 heterocycles. The highest BCUT2D eigenvalue weighted by Gasteiger charge is 2.27. The van der Waals surface area contributed by atoms with E-state index in [0.29, 0.717) is 12.2 Å². The van der Waals surface area contributed by atoms with E-state index < -0.39 is 0 Å². The molecule has 0 saturated carbocycles. The molecule has 2 aliphatic rings. The van der Waals surface area contributed by atoms with Crippen LogP contribution in [-0.4, -0.2) is 22.6 Å². The summed E-state index contributed by atoms with van der Waals surface area (Å²) in [6.45, 7) is 1.89. The molecule has 1 aliphatic heterocycles. The number of rotatable bonds is 1. The fourth-order valence-corrected chi connectivity index (χ4v) is 2.84. The van der Waals surface area contributed by atoms with Gasteiger partial charge in [0.05, 0.1) is 5.70 Å². The Kier molecular flexibility index (Phi) is 2.56. The van der Waals surface area contributed by atoms with Crippen LogP contribution in [0, 0.1) is 0 Å². The zero-order valence-electron chi connectivity index (χ0n) is 9.89. The third-order valence-electron chi connectivity index (χ3n) is 3.76. The first-order valence-electron chi connectivity index (χ1n) is 6.22. The van der Waals surface area contributed by atoms with Gasteiger partial charge in [-0.3, -0.25) is 0 Å². The summed E-state index contributed by atoms with van der Waals surface area (Å²) in [5, 5.41) is 9.92. The molecule has 1 atom stereocenters. The van der Waals surface area contributed by atoms with Crippen LogP contribution in [0.2, 0.25) is 0 Å². The molecule has 0 amide bonds. The lowest BCUT2D eigenvalue weighted by Gasteiger charge is -2.31. The molecular formula is C14H18N2O. The molecule has 3 rings (SSSR count). The van der Waals surface area contributed by atoms with E-state index in [2.05, 4.69) is 29.2 Å². The summed E-state index contributed by atoms with van der Waals surface area (Å²) < 4.78 is 0. The molecule has 0 spiro atoms. The molecule has 1 unspecified atom stereocenters. The zero-order chi connectivity index (χ0) is 11.8. The Labute approximate surface area is 102 Å². The second-order valence-electron chi connectivity index (χ2n) is 5.00. The van der Waals surface area contributed by atoms with Gasteiger partial charge < -0.3 is 15.7 Å². The third-order valence-corrected chi connectivity index (χ3v) is 3.76. The first kappa shape index (κ1) is 10.7. The van der Waals surface area contributed by atoms with Gasteiger partial charge >= 0.3 is 0 Å². The molecule has 0 bridgehead atoms. The Morgan fingerprint density at radius 3 is 2.65 bits per heavy atom. The maximum Gasteiger partial charge on any atom is 0.113 e. The van der Waals surface area contributed by atoms with Crippen molar-refractivity contribution in [1.82, 2.24) is 4.90 Å². The van der Waals surface area contributed by atoms with E-state index >= 15 is 0 Å². The van der Waals surface area contributed by atoms with E-state index in [0.717, 1.165) is 31.6 Å². The number of nitrogens with two attached hydrogens (primary N) is 1. The molecular weight excluding hydrogens is 212 g/mol. The standard InChI is InChI=1S/C14H18N2O/c15-12-7-13(14(17)8-12)16-6-5-10-3-1-2-4-11(10)9-16/h1-4,12,17H,5-9,15H2. The van der Waals surface area contributed by atoms with E-state index in [-0.39, 0.29) is 6.04 Å². The topological polar surface area (TPSA) is 49.5 Å². The highest BCUT2D eigenvalue weighted by molar-refractivity contribution is 5.31. The number of hydrogen-bond acceptors (Lipinski definition) is 3. The Morgan fingerprint density at radius 2 is 1.94 bits per heavy atom. The fourth-order valence-electron chi connectivity index (χ4n) is 2.84. The summed E-state index contributed by atoms with van der Waals surface area (Å²) in [6, 6.07) is 8.64. The van der Waals surface area contributed by atoms with Crippen LogP contribution in [0.4, 0.5) is 0 Å². The first-order chi connectivity index (χ1) is 8.24. The van der Waals surface area contributed by atoms with Crippen LogP contribution >= 0.6 is 0 Å². The monoisotopic (exact) mass is 230 g/mol. The summed E-state index contributed by atoms with van der Waals surface area (Å²) >= 11 is 0. The van der Waals surface area contributed by atoms with Gasteiger partial charge in [-0.1, -0.05) is 24.3 Å². The number of nitrogens with zero attached hydrogens (tertiary/aromatic N) is 1. The second-order valence-corrected chi connectivity index (χ2v) is 5.00. The number of benzene rings is 1. The molecule has 3 heteroatoms. The lowest BCUT2D eigenvalue weighted by atomic mass is 9.99. The molecule has 90 valence electrons. The number of fused-ring (bicyclic) bond motifs is 1. The maximum atomic E-state index is 9.92. The van der Waals surface area contributed by atoms with Crippen molar-refractivity contribution in [2.24, 2.45) is 5.73 Å². The van der Waals surface area contributed by atoms with Gasteiger partial charge in [0.1, 0.15) is 5.76 Å². The average Bonchev–Trinajstić information content (AvgIpc) is 2.68.